The molecule has 2 aliphatic rings. The lowest BCUT2D eigenvalue weighted by Crippen LogP contribution is -2.44. The predicted octanol–water partition coefficient (Wildman–Crippen LogP) is 3.27. The van der Waals surface area contributed by atoms with Crippen LogP contribution in [0.3, 0.4) is 0 Å². The van der Waals surface area contributed by atoms with Gasteiger partial charge in [-0.2, -0.15) is 0 Å². The molecule has 4 heterocycles. The SMILES string of the molecule is COc1ncccc1CN1CC[C@]2(C1)Cn1c(-c3ccc(F)cc3)cnc1CO2. The van der Waals surface area contributed by atoms with Crippen molar-refractivity contribution in [2.24, 2.45) is 0 Å². The summed E-state index contributed by atoms with van der Waals surface area (Å²) in [6, 6.07) is 10.6. The number of hydrogen-bond acceptors (Lipinski definition) is 5. The molecule has 0 saturated carbocycles. The minimum absolute atomic E-state index is 0.232. The maximum absolute atomic E-state index is 13.3. The minimum atomic E-state index is -0.238. The van der Waals surface area contributed by atoms with E-state index in [4.69, 9.17) is 9.47 Å². The standard InChI is InChI=1S/C22H23FN4O2/c1-28-21-17(3-2-9-24-21)12-26-10-8-22(14-26)15-27-19(11-25-20(27)13-29-22)16-4-6-18(23)7-5-16/h2-7,9,11H,8,10,12-15H2,1H3/t22-/m0/s1. The molecule has 2 aliphatic heterocycles. The van der Waals surface area contributed by atoms with E-state index < -0.39 is 0 Å². The smallest absolute Gasteiger partial charge is 0.217 e. The Morgan fingerprint density at radius 1 is 1.17 bits per heavy atom. The first-order chi connectivity index (χ1) is 14.2. The van der Waals surface area contributed by atoms with Gasteiger partial charge in [-0.05, 0) is 42.3 Å². The molecule has 1 saturated heterocycles. The van der Waals surface area contributed by atoms with Crippen LogP contribution in [0.2, 0.25) is 0 Å². The molecule has 0 unspecified atom stereocenters. The van der Waals surface area contributed by atoms with E-state index in [0.29, 0.717) is 12.5 Å². The topological polar surface area (TPSA) is 52.4 Å². The van der Waals surface area contributed by atoms with E-state index in [-0.39, 0.29) is 11.4 Å². The summed E-state index contributed by atoms with van der Waals surface area (Å²) in [5.41, 5.74) is 2.82. The van der Waals surface area contributed by atoms with Crippen molar-refractivity contribution in [1.82, 2.24) is 19.4 Å². The highest BCUT2D eigenvalue weighted by Gasteiger charge is 2.43. The van der Waals surface area contributed by atoms with Crippen LogP contribution in [0.4, 0.5) is 4.39 Å². The number of hydrogen-bond donors (Lipinski definition) is 0. The Bertz CT molecular complexity index is 1020. The van der Waals surface area contributed by atoms with E-state index in [2.05, 4.69) is 25.5 Å². The summed E-state index contributed by atoms with van der Waals surface area (Å²) in [6.45, 7) is 3.81. The fourth-order valence-electron chi connectivity index (χ4n) is 4.39. The lowest BCUT2D eigenvalue weighted by atomic mass is 10.0. The number of fused-ring (bicyclic) bond motifs is 1. The van der Waals surface area contributed by atoms with Crippen molar-refractivity contribution in [3.05, 3.63) is 66.0 Å². The Labute approximate surface area is 168 Å². The molecular formula is C22H23FN4O2. The molecule has 3 aromatic rings. The van der Waals surface area contributed by atoms with Crippen LogP contribution in [-0.4, -0.2) is 45.2 Å². The number of nitrogens with zero attached hydrogens (tertiary/aromatic N) is 4. The molecule has 2 aromatic heterocycles. The molecule has 150 valence electrons. The van der Waals surface area contributed by atoms with Crippen molar-refractivity contribution in [1.29, 1.82) is 0 Å². The molecule has 29 heavy (non-hydrogen) atoms. The van der Waals surface area contributed by atoms with Crippen LogP contribution < -0.4 is 4.74 Å². The summed E-state index contributed by atoms with van der Waals surface area (Å²) in [5.74, 6) is 1.36. The second-order valence-electron chi connectivity index (χ2n) is 7.76. The molecule has 5 rings (SSSR count). The lowest BCUT2D eigenvalue weighted by Gasteiger charge is -2.35. The molecule has 0 aliphatic carbocycles. The molecular weight excluding hydrogens is 371 g/mol. The Hall–Kier alpha value is -2.77. The monoisotopic (exact) mass is 394 g/mol. The predicted molar refractivity (Wildman–Crippen MR) is 106 cm³/mol. The molecule has 0 amide bonds. The highest BCUT2D eigenvalue weighted by Crippen LogP contribution is 2.36. The van der Waals surface area contributed by atoms with Crippen LogP contribution in [0.5, 0.6) is 5.88 Å². The molecule has 6 nitrogen and oxygen atoms in total. The molecule has 1 atom stereocenters. The molecule has 1 aromatic carbocycles. The van der Waals surface area contributed by atoms with Gasteiger partial charge in [0, 0.05) is 31.4 Å². The Morgan fingerprint density at radius 2 is 2.03 bits per heavy atom. The minimum Gasteiger partial charge on any atom is -0.481 e. The molecule has 0 bridgehead atoms. The Balaban J connectivity index is 1.35. The van der Waals surface area contributed by atoms with Crippen LogP contribution in [0, 0.1) is 5.82 Å². The molecule has 7 heteroatoms. The first-order valence-corrected chi connectivity index (χ1v) is 9.80. The largest absolute Gasteiger partial charge is 0.481 e. The van der Waals surface area contributed by atoms with Gasteiger partial charge >= 0.3 is 0 Å². The summed E-state index contributed by atoms with van der Waals surface area (Å²) < 4.78 is 27.3. The van der Waals surface area contributed by atoms with Gasteiger partial charge in [-0.25, -0.2) is 14.4 Å². The third-order valence-corrected chi connectivity index (χ3v) is 5.86. The maximum Gasteiger partial charge on any atom is 0.217 e. The average molecular weight is 394 g/mol. The van der Waals surface area contributed by atoms with E-state index in [1.165, 1.54) is 12.1 Å². The zero-order valence-electron chi connectivity index (χ0n) is 16.3. The van der Waals surface area contributed by atoms with Gasteiger partial charge in [-0.1, -0.05) is 6.07 Å². The summed E-state index contributed by atoms with van der Waals surface area (Å²) in [7, 11) is 1.65. The Morgan fingerprint density at radius 3 is 2.86 bits per heavy atom. The number of likely N-dealkylation sites (tertiary alicyclic amines) is 1. The first kappa shape index (κ1) is 18.3. The van der Waals surface area contributed by atoms with Crippen LogP contribution in [-0.2, 0) is 24.4 Å². The number of ether oxygens (including phenoxy) is 2. The number of benzene rings is 1. The van der Waals surface area contributed by atoms with E-state index in [1.54, 1.807) is 25.4 Å². The van der Waals surface area contributed by atoms with Crippen LogP contribution >= 0.6 is 0 Å². The summed E-state index contributed by atoms with van der Waals surface area (Å²) in [4.78, 5) is 11.2. The van der Waals surface area contributed by atoms with Crippen molar-refractivity contribution < 1.29 is 13.9 Å². The zero-order chi connectivity index (χ0) is 19.8. The van der Waals surface area contributed by atoms with Gasteiger partial charge in [-0.3, -0.25) is 4.90 Å². The summed E-state index contributed by atoms with van der Waals surface area (Å²) in [6.07, 6.45) is 4.56. The second-order valence-corrected chi connectivity index (χ2v) is 7.76. The van der Waals surface area contributed by atoms with E-state index in [9.17, 15) is 4.39 Å². The molecule has 1 fully saturated rings. The lowest BCUT2D eigenvalue weighted by molar-refractivity contribution is -0.0821. The van der Waals surface area contributed by atoms with Crippen molar-refractivity contribution in [2.75, 3.05) is 20.2 Å². The van der Waals surface area contributed by atoms with Gasteiger partial charge in [0.05, 0.1) is 25.5 Å². The van der Waals surface area contributed by atoms with Crippen LogP contribution in [0.1, 0.15) is 17.8 Å². The van der Waals surface area contributed by atoms with Crippen LogP contribution in [0.25, 0.3) is 11.3 Å². The number of aromatic nitrogens is 3. The highest BCUT2D eigenvalue weighted by molar-refractivity contribution is 5.59. The van der Waals surface area contributed by atoms with Gasteiger partial charge < -0.3 is 14.0 Å². The normalized spacial score (nSPS) is 21.4. The van der Waals surface area contributed by atoms with Gasteiger partial charge in [-0.15, -0.1) is 0 Å². The molecule has 0 radical (unpaired) electrons. The fourth-order valence-corrected chi connectivity index (χ4v) is 4.39. The van der Waals surface area contributed by atoms with E-state index in [1.807, 2.05) is 12.3 Å². The van der Waals surface area contributed by atoms with E-state index >= 15 is 0 Å². The van der Waals surface area contributed by atoms with Crippen LogP contribution in [0.15, 0.2) is 48.8 Å². The Kier molecular flexibility index (Phi) is 4.56. The molecule has 0 N–H and O–H groups in total. The van der Waals surface area contributed by atoms with Gasteiger partial charge in [0.1, 0.15) is 23.8 Å². The summed E-state index contributed by atoms with van der Waals surface area (Å²) >= 11 is 0. The first-order valence-electron chi connectivity index (χ1n) is 9.80. The maximum atomic E-state index is 13.3. The third-order valence-electron chi connectivity index (χ3n) is 5.86. The second kappa shape index (κ2) is 7.24. The number of rotatable bonds is 4. The van der Waals surface area contributed by atoms with E-state index in [0.717, 1.165) is 55.2 Å². The van der Waals surface area contributed by atoms with Crippen molar-refractivity contribution in [3.8, 4) is 17.1 Å². The number of pyridine rings is 1. The summed E-state index contributed by atoms with van der Waals surface area (Å²) in [5, 5.41) is 0. The average Bonchev–Trinajstić information content (AvgIpc) is 3.33. The zero-order valence-corrected chi connectivity index (χ0v) is 16.3. The number of halogens is 1. The van der Waals surface area contributed by atoms with Gasteiger partial charge in [0.15, 0.2) is 0 Å². The number of methoxy groups -OCH3 is 1. The van der Waals surface area contributed by atoms with Gasteiger partial charge in [0.2, 0.25) is 5.88 Å². The molecule has 1 spiro atoms. The van der Waals surface area contributed by atoms with Crippen molar-refractivity contribution in [3.63, 3.8) is 0 Å². The quantitative estimate of drug-likeness (QED) is 0.680. The third kappa shape index (κ3) is 3.41. The highest BCUT2D eigenvalue weighted by atomic mass is 19.1. The number of imidazole rings is 1. The van der Waals surface area contributed by atoms with Crippen molar-refractivity contribution >= 4 is 0 Å². The van der Waals surface area contributed by atoms with Crippen molar-refractivity contribution in [2.45, 2.75) is 31.7 Å². The fraction of sp³-hybridized carbons (Fsp3) is 0.364. The van der Waals surface area contributed by atoms with Gasteiger partial charge in [0.25, 0.3) is 0 Å².